The van der Waals surface area contributed by atoms with Crippen molar-refractivity contribution < 1.29 is 10.2 Å². The third kappa shape index (κ3) is 4.99. The second-order valence-corrected chi connectivity index (χ2v) is 8.38. The molecule has 0 amide bonds. The maximum atomic E-state index is 10.6. The molecule has 3 nitrogen and oxygen atoms in total. The first-order chi connectivity index (χ1) is 12.6. The minimum atomic E-state index is -0.439. The molecule has 0 aliphatic heterocycles. The Bertz CT molecular complexity index is 509. The average Bonchev–Trinajstić information content (AvgIpc) is 2.90. The summed E-state index contributed by atoms with van der Waals surface area (Å²) in [5, 5.41) is 30.5. The van der Waals surface area contributed by atoms with Gasteiger partial charge in [0.15, 0.2) is 0 Å². The Morgan fingerprint density at radius 3 is 2.58 bits per heavy atom. The molecule has 0 bridgehead atoms. The van der Waals surface area contributed by atoms with E-state index in [4.69, 9.17) is 0 Å². The van der Waals surface area contributed by atoms with Gasteiger partial charge in [-0.1, -0.05) is 57.4 Å². The SMILES string of the molecule is CCCC/C=C\C[C@H]1C(C#N)C[C@@H](O)C1/C=C/CC(O)C1(CC)CCC1. The van der Waals surface area contributed by atoms with Crippen molar-refractivity contribution in [1.29, 1.82) is 5.26 Å². The van der Waals surface area contributed by atoms with Crippen molar-refractivity contribution in [3.63, 3.8) is 0 Å². The quantitative estimate of drug-likeness (QED) is 0.419. The lowest BCUT2D eigenvalue weighted by Crippen LogP contribution is -2.40. The second-order valence-electron chi connectivity index (χ2n) is 8.38. The zero-order valence-corrected chi connectivity index (χ0v) is 16.6. The molecule has 2 saturated carbocycles. The molecule has 146 valence electrons. The predicted molar refractivity (Wildman–Crippen MR) is 106 cm³/mol. The smallest absolute Gasteiger partial charge is 0.0660 e. The molecule has 0 radical (unpaired) electrons. The highest BCUT2D eigenvalue weighted by molar-refractivity contribution is 5.10. The van der Waals surface area contributed by atoms with Crippen molar-refractivity contribution >= 4 is 0 Å². The number of hydrogen-bond acceptors (Lipinski definition) is 3. The lowest BCUT2D eigenvalue weighted by Gasteiger charge is -2.45. The Labute approximate surface area is 159 Å². The third-order valence-electron chi connectivity index (χ3n) is 6.89. The summed E-state index contributed by atoms with van der Waals surface area (Å²) in [6.45, 7) is 4.36. The van der Waals surface area contributed by atoms with E-state index >= 15 is 0 Å². The monoisotopic (exact) mass is 359 g/mol. The van der Waals surface area contributed by atoms with Crippen LogP contribution in [0.4, 0.5) is 0 Å². The van der Waals surface area contributed by atoms with Gasteiger partial charge in [-0.2, -0.15) is 5.26 Å². The summed E-state index contributed by atoms with van der Waals surface area (Å²) >= 11 is 0. The molecule has 2 fully saturated rings. The number of hydrogen-bond donors (Lipinski definition) is 2. The minimum Gasteiger partial charge on any atom is -0.392 e. The molecule has 0 aromatic carbocycles. The van der Waals surface area contributed by atoms with Crippen LogP contribution >= 0.6 is 0 Å². The Morgan fingerprint density at radius 2 is 2.00 bits per heavy atom. The van der Waals surface area contributed by atoms with Gasteiger partial charge in [0, 0.05) is 5.92 Å². The zero-order chi connectivity index (χ0) is 19.0. The maximum absolute atomic E-state index is 10.6. The van der Waals surface area contributed by atoms with E-state index in [1.165, 1.54) is 19.3 Å². The third-order valence-corrected chi connectivity index (χ3v) is 6.89. The topological polar surface area (TPSA) is 64.2 Å². The van der Waals surface area contributed by atoms with Gasteiger partial charge in [-0.25, -0.2) is 0 Å². The van der Waals surface area contributed by atoms with E-state index in [1.807, 2.05) is 0 Å². The van der Waals surface area contributed by atoms with Crippen LogP contribution in [0, 0.1) is 34.5 Å². The molecule has 3 heteroatoms. The van der Waals surface area contributed by atoms with Gasteiger partial charge in [0.2, 0.25) is 0 Å². The van der Waals surface area contributed by atoms with E-state index in [1.54, 1.807) is 0 Å². The van der Waals surface area contributed by atoms with E-state index in [0.29, 0.717) is 12.8 Å². The average molecular weight is 360 g/mol. The highest BCUT2D eigenvalue weighted by atomic mass is 16.3. The predicted octanol–water partition coefficient (Wildman–Crippen LogP) is 5.15. The molecule has 2 aliphatic carbocycles. The van der Waals surface area contributed by atoms with Crippen molar-refractivity contribution in [3.8, 4) is 6.07 Å². The lowest BCUT2D eigenvalue weighted by atomic mass is 9.63. The van der Waals surface area contributed by atoms with E-state index < -0.39 is 6.10 Å². The molecule has 2 rings (SSSR count). The number of nitriles is 1. The van der Waals surface area contributed by atoms with Crippen LogP contribution in [0.5, 0.6) is 0 Å². The van der Waals surface area contributed by atoms with Crippen molar-refractivity contribution in [2.45, 2.75) is 90.3 Å². The second kappa shape index (κ2) is 10.3. The molecule has 0 saturated heterocycles. The minimum absolute atomic E-state index is 0.0293. The number of allylic oxidation sites excluding steroid dienone is 2. The molecule has 0 spiro atoms. The fourth-order valence-electron chi connectivity index (χ4n) is 4.75. The first kappa shape index (κ1) is 21.2. The van der Waals surface area contributed by atoms with E-state index in [-0.39, 0.29) is 29.3 Å². The van der Waals surface area contributed by atoms with Crippen LogP contribution in [0.25, 0.3) is 0 Å². The first-order valence-corrected chi connectivity index (χ1v) is 10.6. The normalized spacial score (nSPS) is 32.0. The lowest BCUT2D eigenvalue weighted by molar-refractivity contribution is -0.0355. The Kier molecular flexibility index (Phi) is 8.38. The Morgan fingerprint density at radius 1 is 1.23 bits per heavy atom. The Balaban J connectivity index is 1.93. The first-order valence-electron chi connectivity index (χ1n) is 10.6. The zero-order valence-electron chi connectivity index (χ0n) is 16.6. The fraction of sp³-hybridized carbons (Fsp3) is 0.783. The summed E-state index contributed by atoms with van der Waals surface area (Å²) < 4.78 is 0. The Hall–Kier alpha value is -1.11. The summed E-state index contributed by atoms with van der Waals surface area (Å²) in [4.78, 5) is 0. The molecule has 26 heavy (non-hydrogen) atoms. The van der Waals surface area contributed by atoms with Crippen LogP contribution in [0.1, 0.15) is 78.1 Å². The van der Waals surface area contributed by atoms with Crippen LogP contribution in [0.15, 0.2) is 24.3 Å². The van der Waals surface area contributed by atoms with Gasteiger partial charge in [-0.05, 0) is 56.3 Å². The number of unbranched alkanes of at least 4 members (excludes halogenated alkanes) is 2. The van der Waals surface area contributed by atoms with Gasteiger partial charge in [0.05, 0.1) is 24.2 Å². The van der Waals surface area contributed by atoms with Crippen molar-refractivity contribution in [3.05, 3.63) is 24.3 Å². The molecular weight excluding hydrogens is 322 g/mol. The van der Waals surface area contributed by atoms with E-state index in [2.05, 4.69) is 44.2 Å². The molecular formula is C23H37NO2. The standard InChI is InChI=1S/C23H37NO2/c1-3-5-6-7-8-11-19-18(17-24)16-21(25)20(19)12-9-13-22(26)23(4-2)14-10-15-23/h7-9,12,18-22,25-26H,3-6,10-11,13-16H2,1-2H3/b8-7-,12-9+/t18?,19-,20?,21+,22?/m0/s1. The summed E-state index contributed by atoms with van der Waals surface area (Å²) in [5.41, 5.74) is 0.120. The van der Waals surface area contributed by atoms with E-state index in [9.17, 15) is 15.5 Å². The van der Waals surface area contributed by atoms with E-state index in [0.717, 1.165) is 32.1 Å². The maximum Gasteiger partial charge on any atom is 0.0660 e. The summed E-state index contributed by atoms with van der Waals surface area (Å²) in [7, 11) is 0. The summed E-state index contributed by atoms with van der Waals surface area (Å²) in [6, 6.07) is 2.40. The highest BCUT2D eigenvalue weighted by Crippen LogP contribution is 2.48. The van der Waals surface area contributed by atoms with Gasteiger partial charge in [-0.15, -0.1) is 0 Å². The number of aliphatic hydroxyl groups is 2. The van der Waals surface area contributed by atoms with Crippen molar-refractivity contribution in [2.75, 3.05) is 0 Å². The molecule has 0 heterocycles. The number of rotatable bonds is 10. The van der Waals surface area contributed by atoms with Gasteiger partial charge >= 0.3 is 0 Å². The number of nitrogens with zero attached hydrogens (tertiary/aromatic N) is 1. The summed E-state index contributed by atoms with van der Waals surface area (Å²) in [6.07, 6.45) is 17.9. The van der Waals surface area contributed by atoms with Crippen LogP contribution in [0.3, 0.4) is 0 Å². The van der Waals surface area contributed by atoms with Crippen LogP contribution < -0.4 is 0 Å². The summed E-state index contributed by atoms with van der Waals surface area (Å²) in [5.74, 6) is 0.140. The van der Waals surface area contributed by atoms with Crippen LogP contribution in [-0.4, -0.2) is 22.4 Å². The molecule has 0 aromatic rings. The number of aliphatic hydroxyl groups excluding tert-OH is 2. The largest absolute Gasteiger partial charge is 0.392 e. The van der Waals surface area contributed by atoms with Gasteiger partial charge < -0.3 is 10.2 Å². The van der Waals surface area contributed by atoms with Gasteiger partial charge in [0.25, 0.3) is 0 Å². The van der Waals surface area contributed by atoms with Crippen LogP contribution in [-0.2, 0) is 0 Å². The molecule has 2 N–H and O–H groups in total. The fourth-order valence-corrected chi connectivity index (χ4v) is 4.75. The van der Waals surface area contributed by atoms with Gasteiger partial charge in [-0.3, -0.25) is 0 Å². The highest BCUT2D eigenvalue weighted by Gasteiger charge is 2.42. The molecule has 2 aliphatic rings. The van der Waals surface area contributed by atoms with Gasteiger partial charge in [0.1, 0.15) is 0 Å². The van der Waals surface area contributed by atoms with Crippen molar-refractivity contribution in [2.24, 2.45) is 23.2 Å². The molecule has 0 aromatic heterocycles. The molecule has 3 unspecified atom stereocenters. The van der Waals surface area contributed by atoms with Crippen LogP contribution in [0.2, 0.25) is 0 Å². The van der Waals surface area contributed by atoms with Crippen molar-refractivity contribution in [1.82, 2.24) is 0 Å². The molecule has 5 atom stereocenters.